The van der Waals surface area contributed by atoms with Gasteiger partial charge in [0.05, 0.1) is 92.5 Å². The van der Waals surface area contributed by atoms with Gasteiger partial charge in [-0.3, -0.25) is 0 Å². The van der Waals surface area contributed by atoms with Crippen molar-refractivity contribution in [3.8, 4) is 0 Å². The third-order valence-corrected chi connectivity index (χ3v) is 3.92. The first kappa shape index (κ1) is 41.0. The van der Waals surface area contributed by atoms with E-state index >= 15 is 0 Å². The summed E-state index contributed by atoms with van der Waals surface area (Å²) in [6.07, 6.45) is 0. The Morgan fingerprint density at radius 3 is 1.05 bits per heavy atom. The Morgan fingerprint density at radius 1 is 0.459 bits per heavy atom. The maximum atomic E-state index is 9.47. The quantitative estimate of drug-likeness (QED) is 0.113. The molecule has 0 aliphatic carbocycles. The second-order valence-corrected chi connectivity index (χ2v) is 6.73. The van der Waals surface area contributed by atoms with Gasteiger partial charge in [-0.1, -0.05) is 0 Å². The van der Waals surface area contributed by atoms with E-state index in [0.717, 1.165) is 13.2 Å². The maximum absolute atomic E-state index is 9.47. The number of aliphatic hydroxyl groups is 2. The Labute approximate surface area is 223 Å². The second kappa shape index (κ2) is 37.6. The summed E-state index contributed by atoms with van der Waals surface area (Å²) in [5.74, 6) is -1.70. The van der Waals surface area contributed by atoms with E-state index in [1.165, 1.54) is 14.2 Å². The highest BCUT2D eigenvalue weighted by Gasteiger charge is 2.25. The van der Waals surface area contributed by atoms with Crippen LogP contribution in [0, 0.1) is 0 Å². The SMILES string of the molecule is CCOCC.COC(O)(COCCOCCOCCO)OC.COCCOCCOCCOCCOC. The predicted octanol–water partition coefficient (Wildman–Crippen LogP) is 0.339. The molecular formula is C24H54O13. The van der Waals surface area contributed by atoms with E-state index in [0.29, 0.717) is 85.9 Å². The normalized spacial score (nSPS) is 11.0. The lowest BCUT2D eigenvalue weighted by Gasteiger charge is -2.23. The molecule has 37 heavy (non-hydrogen) atoms. The largest absolute Gasteiger partial charge is 0.394 e. The highest BCUT2D eigenvalue weighted by atomic mass is 16.8. The van der Waals surface area contributed by atoms with Crippen molar-refractivity contribution in [2.45, 2.75) is 19.8 Å². The molecule has 0 aromatic carbocycles. The lowest BCUT2D eigenvalue weighted by Crippen LogP contribution is -2.39. The van der Waals surface area contributed by atoms with Crippen molar-refractivity contribution in [2.24, 2.45) is 0 Å². The summed E-state index contributed by atoms with van der Waals surface area (Å²) in [6, 6.07) is 0. The zero-order chi connectivity index (χ0) is 28.3. The molecule has 0 aliphatic heterocycles. The van der Waals surface area contributed by atoms with E-state index < -0.39 is 5.97 Å². The molecule has 13 heteroatoms. The van der Waals surface area contributed by atoms with Crippen molar-refractivity contribution in [3.05, 3.63) is 0 Å². The zero-order valence-corrected chi connectivity index (χ0v) is 23.9. The van der Waals surface area contributed by atoms with Crippen LogP contribution in [0.1, 0.15) is 13.8 Å². The number of hydrogen-bond donors (Lipinski definition) is 2. The van der Waals surface area contributed by atoms with E-state index in [2.05, 4.69) is 9.47 Å². The molecule has 0 fully saturated rings. The van der Waals surface area contributed by atoms with Gasteiger partial charge in [-0.2, -0.15) is 0 Å². The van der Waals surface area contributed by atoms with Crippen LogP contribution < -0.4 is 0 Å². The third-order valence-electron chi connectivity index (χ3n) is 3.92. The van der Waals surface area contributed by atoms with Crippen molar-refractivity contribution in [3.63, 3.8) is 0 Å². The molecule has 0 aromatic rings. The van der Waals surface area contributed by atoms with Gasteiger partial charge in [-0.25, -0.2) is 0 Å². The Morgan fingerprint density at radius 2 is 0.784 bits per heavy atom. The molecule has 228 valence electrons. The minimum Gasteiger partial charge on any atom is -0.394 e. The fourth-order valence-corrected chi connectivity index (χ4v) is 1.94. The number of ether oxygens (including phenoxy) is 11. The molecule has 13 nitrogen and oxygen atoms in total. The third kappa shape index (κ3) is 40.1. The van der Waals surface area contributed by atoms with Crippen LogP contribution in [0.15, 0.2) is 0 Å². The van der Waals surface area contributed by atoms with E-state index in [1.807, 2.05) is 13.8 Å². The van der Waals surface area contributed by atoms with Crippen molar-refractivity contribution in [1.29, 1.82) is 0 Å². The van der Waals surface area contributed by atoms with Crippen LogP contribution >= 0.6 is 0 Å². The van der Waals surface area contributed by atoms with E-state index in [1.54, 1.807) is 14.2 Å². The predicted molar refractivity (Wildman–Crippen MR) is 137 cm³/mol. The van der Waals surface area contributed by atoms with Crippen LogP contribution in [0.5, 0.6) is 0 Å². The number of hydrogen-bond acceptors (Lipinski definition) is 13. The summed E-state index contributed by atoms with van der Waals surface area (Å²) in [6.45, 7) is 12.3. The number of rotatable bonds is 26. The van der Waals surface area contributed by atoms with Gasteiger partial charge in [0.15, 0.2) is 0 Å². The van der Waals surface area contributed by atoms with Gasteiger partial charge in [-0.05, 0) is 13.8 Å². The summed E-state index contributed by atoms with van der Waals surface area (Å²) in [5.41, 5.74) is 0. The fourth-order valence-electron chi connectivity index (χ4n) is 1.94. The number of methoxy groups -OCH3 is 4. The van der Waals surface area contributed by atoms with Crippen LogP contribution in [0.25, 0.3) is 0 Å². The van der Waals surface area contributed by atoms with E-state index in [9.17, 15) is 5.11 Å². The highest BCUT2D eigenvalue weighted by molar-refractivity contribution is 4.49. The van der Waals surface area contributed by atoms with Gasteiger partial charge < -0.3 is 62.3 Å². The second-order valence-electron chi connectivity index (χ2n) is 6.73. The molecule has 0 aliphatic rings. The fraction of sp³-hybridized carbons (Fsp3) is 1.00. The van der Waals surface area contributed by atoms with Crippen molar-refractivity contribution >= 4 is 0 Å². The molecule has 0 saturated carbocycles. The molecule has 0 aromatic heterocycles. The molecule has 0 atom stereocenters. The van der Waals surface area contributed by atoms with Gasteiger partial charge >= 0.3 is 5.97 Å². The molecule has 0 spiro atoms. The summed E-state index contributed by atoms with van der Waals surface area (Å²) in [5, 5.41) is 17.9. The summed E-state index contributed by atoms with van der Waals surface area (Å²) >= 11 is 0. The van der Waals surface area contributed by atoms with Crippen molar-refractivity contribution in [2.75, 3.05) is 141 Å². The molecule has 0 radical (unpaired) electrons. The van der Waals surface area contributed by atoms with Gasteiger partial charge in [0.1, 0.15) is 6.61 Å². The van der Waals surface area contributed by atoms with Gasteiger partial charge in [0, 0.05) is 41.7 Å². The van der Waals surface area contributed by atoms with Crippen LogP contribution in [0.3, 0.4) is 0 Å². The van der Waals surface area contributed by atoms with Gasteiger partial charge in [0.2, 0.25) is 0 Å². The first-order valence-corrected chi connectivity index (χ1v) is 12.5. The molecule has 0 heterocycles. The summed E-state index contributed by atoms with van der Waals surface area (Å²) in [7, 11) is 5.94. The summed E-state index contributed by atoms with van der Waals surface area (Å²) in [4.78, 5) is 0. The minimum absolute atomic E-state index is 0.00965. The standard InChI is InChI=1S/C10H22O7.C10H22O5.C4H10O/c1-13-10(12,14-2)9-17-8-7-16-6-5-15-4-3-11;1-11-3-5-13-7-9-15-10-8-14-6-4-12-2;1-3-5-4-2/h11-12H,3-9H2,1-2H3;3-10H2,1-2H3;3-4H2,1-2H3. The van der Waals surface area contributed by atoms with E-state index in [-0.39, 0.29) is 13.2 Å². The molecule has 0 unspecified atom stereocenters. The minimum atomic E-state index is -1.70. The van der Waals surface area contributed by atoms with Crippen LogP contribution in [-0.2, 0) is 52.1 Å². The average molecular weight is 551 g/mol. The number of aliphatic hydroxyl groups excluding tert-OH is 1. The Hall–Kier alpha value is -0.520. The van der Waals surface area contributed by atoms with Crippen LogP contribution in [0.4, 0.5) is 0 Å². The van der Waals surface area contributed by atoms with Crippen molar-refractivity contribution < 1.29 is 62.3 Å². The molecule has 0 bridgehead atoms. The highest BCUT2D eigenvalue weighted by Crippen LogP contribution is 2.06. The van der Waals surface area contributed by atoms with Gasteiger partial charge in [0.25, 0.3) is 0 Å². The molecule has 2 N–H and O–H groups in total. The van der Waals surface area contributed by atoms with Crippen LogP contribution in [-0.4, -0.2) is 157 Å². The van der Waals surface area contributed by atoms with Gasteiger partial charge in [-0.15, -0.1) is 0 Å². The monoisotopic (exact) mass is 550 g/mol. The smallest absolute Gasteiger partial charge is 0.304 e. The zero-order valence-electron chi connectivity index (χ0n) is 23.9. The molecule has 0 saturated heterocycles. The maximum Gasteiger partial charge on any atom is 0.304 e. The molecule has 0 amide bonds. The first-order valence-electron chi connectivity index (χ1n) is 12.5. The lowest BCUT2D eigenvalue weighted by atomic mass is 10.6. The van der Waals surface area contributed by atoms with E-state index in [4.69, 9.17) is 47.7 Å². The lowest BCUT2D eigenvalue weighted by molar-refractivity contribution is -0.357. The topological polar surface area (TPSA) is 142 Å². The first-order chi connectivity index (χ1) is 18.0. The molecule has 0 rings (SSSR count). The average Bonchev–Trinajstić information content (AvgIpc) is 2.92. The molecular weight excluding hydrogens is 496 g/mol. The summed E-state index contributed by atoms with van der Waals surface area (Å²) < 4.78 is 54.8. The Bertz CT molecular complexity index is 361. The Balaban J connectivity index is -0.000000531. The van der Waals surface area contributed by atoms with Crippen molar-refractivity contribution in [1.82, 2.24) is 0 Å². The van der Waals surface area contributed by atoms with Crippen LogP contribution in [0.2, 0.25) is 0 Å². The Kier molecular flexibility index (Phi) is 41.7.